The molecule has 0 atom stereocenters. The van der Waals surface area contributed by atoms with E-state index in [4.69, 9.17) is 0 Å². The van der Waals surface area contributed by atoms with Crippen LogP contribution in [0, 0.1) is 13.8 Å². The number of halogens is 1. The number of pyridine rings is 1. The third-order valence-electron chi connectivity index (χ3n) is 2.52. The molecule has 4 nitrogen and oxygen atoms in total. The summed E-state index contributed by atoms with van der Waals surface area (Å²) in [7, 11) is 0. The number of aryl methyl sites for hydroxylation is 3. The molecule has 0 saturated carbocycles. The fourth-order valence-electron chi connectivity index (χ4n) is 1.78. The second kappa shape index (κ2) is 3.97. The van der Waals surface area contributed by atoms with Crippen molar-refractivity contribution in [2.45, 2.75) is 27.3 Å². The Bertz CT molecular complexity index is 619. The van der Waals surface area contributed by atoms with Crippen LogP contribution in [0.5, 0.6) is 0 Å². The van der Waals surface area contributed by atoms with Crippen LogP contribution in [0.25, 0.3) is 11.0 Å². The molecule has 84 valence electrons. The summed E-state index contributed by atoms with van der Waals surface area (Å²) in [6.07, 6.45) is 0. The van der Waals surface area contributed by atoms with E-state index in [0.29, 0.717) is 22.5 Å². The molecule has 0 aliphatic heterocycles. The zero-order chi connectivity index (χ0) is 11.9. The molecular formula is C11H12BrN3O. The fourth-order valence-corrected chi connectivity index (χ4v) is 2.23. The molecule has 5 heteroatoms. The van der Waals surface area contributed by atoms with Gasteiger partial charge in [-0.05, 0) is 42.8 Å². The average Bonchev–Trinajstić information content (AvgIpc) is 2.22. The Morgan fingerprint density at radius 1 is 1.38 bits per heavy atom. The fraction of sp³-hybridized carbons (Fsp3) is 0.364. The highest BCUT2D eigenvalue weighted by Crippen LogP contribution is 2.17. The van der Waals surface area contributed by atoms with E-state index in [9.17, 15) is 4.79 Å². The van der Waals surface area contributed by atoms with E-state index in [0.717, 1.165) is 11.1 Å². The molecule has 0 radical (unpaired) electrons. The molecule has 0 bridgehead atoms. The molecule has 0 spiro atoms. The number of aromatic nitrogens is 3. The predicted molar refractivity (Wildman–Crippen MR) is 66.6 cm³/mol. The number of fused-ring (bicyclic) bond motifs is 1. The molecule has 0 saturated heterocycles. The Morgan fingerprint density at radius 2 is 2.06 bits per heavy atom. The van der Waals surface area contributed by atoms with Gasteiger partial charge in [0.25, 0.3) is 5.56 Å². The summed E-state index contributed by atoms with van der Waals surface area (Å²) < 4.78 is 2.21. The van der Waals surface area contributed by atoms with E-state index in [2.05, 4.69) is 25.9 Å². The average molecular weight is 282 g/mol. The third kappa shape index (κ3) is 1.65. The highest BCUT2D eigenvalue weighted by molar-refractivity contribution is 9.10. The van der Waals surface area contributed by atoms with E-state index >= 15 is 0 Å². The molecule has 0 amide bonds. The number of hydrogen-bond donors (Lipinski definition) is 0. The van der Waals surface area contributed by atoms with Crippen LogP contribution >= 0.6 is 15.9 Å². The van der Waals surface area contributed by atoms with Gasteiger partial charge in [-0.1, -0.05) is 0 Å². The minimum atomic E-state index is -0.0486. The molecule has 0 aromatic carbocycles. The van der Waals surface area contributed by atoms with Gasteiger partial charge < -0.3 is 0 Å². The first-order chi connectivity index (χ1) is 7.54. The first-order valence-corrected chi connectivity index (χ1v) is 5.88. The first kappa shape index (κ1) is 11.3. The summed E-state index contributed by atoms with van der Waals surface area (Å²) in [6.45, 7) is 6.29. The van der Waals surface area contributed by atoms with Gasteiger partial charge in [-0.25, -0.2) is 9.97 Å². The Morgan fingerprint density at radius 3 is 2.69 bits per heavy atom. The van der Waals surface area contributed by atoms with Crippen molar-refractivity contribution in [3.05, 3.63) is 32.4 Å². The van der Waals surface area contributed by atoms with Crippen molar-refractivity contribution in [1.29, 1.82) is 0 Å². The van der Waals surface area contributed by atoms with E-state index in [1.54, 1.807) is 10.6 Å². The predicted octanol–water partition coefficient (Wildman–Crippen LogP) is 2.19. The van der Waals surface area contributed by atoms with Gasteiger partial charge in [0.2, 0.25) is 0 Å². The molecular weight excluding hydrogens is 270 g/mol. The van der Waals surface area contributed by atoms with Gasteiger partial charge in [0.1, 0.15) is 11.5 Å². The highest BCUT2D eigenvalue weighted by atomic mass is 79.9. The van der Waals surface area contributed by atoms with E-state index in [1.807, 2.05) is 20.8 Å². The Labute approximate surface area is 101 Å². The smallest absolute Gasteiger partial charge is 0.266 e. The van der Waals surface area contributed by atoms with Crippen molar-refractivity contribution in [3.8, 4) is 0 Å². The molecule has 2 aromatic heterocycles. The maximum atomic E-state index is 11.9. The lowest BCUT2D eigenvalue weighted by Crippen LogP contribution is -2.21. The SMILES string of the molecule is CCn1c(=O)c(Br)cc2c(C)nc(C)nc21. The molecule has 16 heavy (non-hydrogen) atoms. The summed E-state index contributed by atoms with van der Waals surface area (Å²) in [5.41, 5.74) is 1.55. The minimum absolute atomic E-state index is 0.0486. The van der Waals surface area contributed by atoms with Gasteiger partial charge in [0, 0.05) is 11.9 Å². The van der Waals surface area contributed by atoms with Crippen LogP contribution in [-0.4, -0.2) is 14.5 Å². The molecule has 0 unspecified atom stereocenters. The molecule has 2 rings (SSSR count). The topological polar surface area (TPSA) is 47.8 Å². The van der Waals surface area contributed by atoms with Gasteiger partial charge in [-0.15, -0.1) is 0 Å². The standard InChI is InChI=1S/C11H12BrN3O/c1-4-15-10-8(5-9(12)11(15)16)6(2)13-7(3)14-10/h5H,4H2,1-3H3. The van der Waals surface area contributed by atoms with Gasteiger partial charge in [0.15, 0.2) is 0 Å². The largest absolute Gasteiger partial charge is 0.292 e. The van der Waals surface area contributed by atoms with Crippen LogP contribution in [-0.2, 0) is 6.54 Å². The maximum Gasteiger partial charge on any atom is 0.266 e. The lowest BCUT2D eigenvalue weighted by atomic mass is 10.2. The Hall–Kier alpha value is -1.23. The van der Waals surface area contributed by atoms with Crippen molar-refractivity contribution in [2.75, 3.05) is 0 Å². The molecule has 2 heterocycles. The summed E-state index contributed by atoms with van der Waals surface area (Å²) in [5, 5.41) is 0.916. The minimum Gasteiger partial charge on any atom is -0.292 e. The monoisotopic (exact) mass is 281 g/mol. The van der Waals surface area contributed by atoms with Crippen molar-refractivity contribution in [1.82, 2.24) is 14.5 Å². The quantitative estimate of drug-likeness (QED) is 0.805. The third-order valence-corrected chi connectivity index (χ3v) is 3.09. The number of rotatable bonds is 1. The van der Waals surface area contributed by atoms with Crippen molar-refractivity contribution in [3.63, 3.8) is 0 Å². The van der Waals surface area contributed by atoms with Crippen LogP contribution in [0.15, 0.2) is 15.3 Å². The van der Waals surface area contributed by atoms with E-state index in [1.165, 1.54) is 0 Å². The molecule has 0 fully saturated rings. The second-order valence-corrected chi connectivity index (χ2v) is 4.49. The van der Waals surface area contributed by atoms with Crippen molar-refractivity contribution < 1.29 is 0 Å². The van der Waals surface area contributed by atoms with Crippen LogP contribution in [0.3, 0.4) is 0 Å². The molecule has 2 aromatic rings. The summed E-state index contributed by atoms with van der Waals surface area (Å²) in [5.74, 6) is 0.689. The molecule has 0 aliphatic rings. The van der Waals surface area contributed by atoms with Gasteiger partial charge >= 0.3 is 0 Å². The van der Waals surface area contributed by atoms with Crippen molar-refractivity contribution >= 4 is 27.0 Å². The summed E-state index contributed by atoms with van der Waals surface area (Å²) >= 11 is 3.27. The zero-order valence-corrected chi connectivity index (χ0v) is 11.0. The second-order valence-electron chi connectivity index (χ2n) is 3.64. The summed E-state index contributed by atoms with van der Waals surface area (Å²) in [6, 6.07) is 1.79. The van der Waals surface area contributed by atoms with Crippen LogP contribution in [0.2, 0.25) is 0 Å². The van der Waals surface area contributed by atoms with Gasteiger partial charge in [0.05, 0.1) is 10.2 Å². The molecule has 0 aliphatic carbocycles. The lowest BCUT2D eigenvalue weighted by molar-refractivity contribution is 0.741. The van der Waals surface area contributed by atoms with Gasteiger partial charge in [-0.3, -0.25) is 9.36 Å². The Balaban J connectivity index is 3.02. The van der Waals surface area contributed by atoms with Crippen LogP contribution in [0.1, 0.15) is 18.4 Å². The summed E-state index contributed by atoms with van der Waals surface area (Å²) in [4.78, 5) is 20.5. The zero-order valence-electron chi connectivity index (χ0n) is 9.41. The van der Waals surface area contributed by atoms with E-state index in [-0.39, 0.29) is 5.56 Å². The highest BCUT2D eigenvalue weighted by Gasteiger charge is 2.10. The maximum absolute atomic E-state index is 11.9. The van der Waals surface area contributed by atoms with Crippen molar-refractivity contribution in [2.24, 2.45) is 0 Å². The van der Waals surface area contributed by atoms with Gasteiger partial charge in [-0.2, -0.15) is 0 Å². The molecule has 0 N–H and O–H groups in total. The first-order valence-electron chi connectivity index (χ1n) is 5.09. The number of hydrogen-bond acceptors (Lipinski definition) is 3. The van der Waals surface area contributed by atoms with Crippen LogP contribution < -0.4 is 5.56 Å². The van der Waals surface area contributed by atoms with E-state index < -0.39 is 0 Å². The van der Waals surface area contributed by atoms with Crippen LogP contribution in [0.4, 0.5) is 0 Å². The number of nitrogens with zero attached hydrogens (tertiary/aromatic N) is 3. The lowest BCUT2D eigenvalue weighted by Gasteiger charge is -2.09. The Kier molecular flexibility index (Phi) is 2.80. The normalized spacial score (nSPS) is 11.0.